The van der Waals surface area contributed by atoms with Gasteiger partial charge >= 0.3 is 12.1 Å². The molecular formula is C27H38N2O7. The first-order chi connectivity index (χ1) is 17.2. The third-order valence-corrected chi connectivity index (χ3v) is 6.84. The number of benzene rings is 1. The Bertz CT molecular complexity index is 983. The number of hydrogen-bond donors (Lipinski definition) is 0. The van der Waals surface area contributed by atoms with E-state index >= 15 is 0 Å². The number of rotatable bonds is 11. The van der Waals surface area contributed by atoms with Gasteiger partial charge in [-0.2, -0.15) is 0 Å². The smallest absolute Gasteiger partial charge is 0.417 e. The number of ether oxygens (including phenoxy) is 3. The average Bonchev–Trinajstić information content (AvgIpc) is 3.14. The van der Waals surface area contributed by atoms with Crippen molar-refractivity contribution in [3.05, 3.63) is 23.3 Å². The molecule has 0 unspecified atom stereocenters. The topological polar surface area (TPSA) is 102 Å². The molecule has 0 atom stereocenters. The second-order valence-electron chi connectivity index (χ2n) is 9.73. The maximum absolute atomic E-state index is 12.0. The molecular weight excluding hydrogens is 464 g/mol. The summed E-state index contributed by atoms with van der Waals surface area (Å²) in [6, 6.07) is 3.46. The lowest BCUT2D eigenvalue weighted by molar-refractivity contribution is -0.132. The van der Waals surface area contributed by atoms with Crippen molar-refractivity contribution in [1.82, 2.24) is 9.80 Å². The number of imide groups is 1. The van der Waals surface area contributed by atoms with Crippen LogP contribution in [-0.2, 0) is 20.7 Å². The standard InChI is InChI=1S/C27H38N2O7/c1-5-9-23-24(11-10-22(19(2)30)25(23)35-21(4)32)34-17-8-6-7-14-28-15-12-27(13-16-28)18-29(20(3)31)26(33)36-27/h10-11H,5-9,12-18H2,1-4H3. The largest absolute Gasteiger partial charge is 0.493 e. The highest BCUT2D eigenvalue weighted by Gasteiger charge is 2.48. The number of unbranched alkanes of at least 4 members (excludes halogenated alkanes) is 2. The van der Waals surface area contributed by atoms with E-state index in [0.29, 0.717) is 36.6 Å². The molecule has 0 bridgehead atoms. The molecule has 0 saturated carbocycles. The van der Waals surface area contributed by atoms with Gasteiger partial charge in [-0.25, -0.2) is 9.69 Å². The quantitative estimate of drug-likeness (QED) is 0.192. The lowest BCUT2D eigenvalue weighted by Gasteiger charge is -2.37. The molecule has 1 aromatic rings. The first kappa shape index (κ1) is 27.6. The van der Waals surface area contributed by atoms with Crippen LogP contribution in [0, 0.1) is 0 Å². The summed E-state index contributed by atoms with van der Waals surface area (Å²) in [6.07, 6.45) is 5.35. The molecule has 9 nitrogen and oxygen atoms in total. The summed E-state index contributed by atoms with van der Waals surface area (Å²) >= 11 is 0. The Hall–Kier alpha value is -2.94. The summed E-state index contributed by atoms with van der Waals surface area (Å²) in [4.78, 5) is 50.8. The van der Waals surface area contributed by atoms with Crippen LogP contribution in [0.4, 0.5) is 4.79 Å². The molecule has 3 rings (SSSR count). The minimum absolute atomic E-state index is 0.152. The summed E-state index contributed by atoms with van der Waals surface area (Å²) in [7, 11) is 0. The van der Waals surface area contributed by atoms with Crippen LogP contribution in [0.2, 0.25) is 0 Å². The Morgan fingerprint density at radius 2 is 1.78 bits per heavy atom. The van der Waals surface area contributed by atoms with Crippen molar-refractivity contribution >= 4 is 23.8 Å². The molecule has 0 aromatic heterocycles. The van der Waals surface area contributed by atoms with Crippen molar-refractivity contribution in [3.8, 4) is 11.5 Å². The van der Waals surface area contributed by atoms with E-state index in [1.54, 1.807) is 12.1 Å². The number of nitrogens with zero attached hydrogens (tertiary/aromatic N) is 2. The predicted octanol–water partition coefficient (Wildman–Crippen LogP) is 4.15. The van der Waals surface area contributed by atoms with Crippen LogP contribution in [0.15, 0.2) is 12.1 Å². The van der Waals surface area contributed by atoms with Gasteiger partial charge in [-0.05, 0) is 51.3 Å². The highest BCUT2D eigenvalue weighted by Crippen LogP contribution is 2.35. The highest BCUT2D eigenvalue weighted by atomic mass is 16.6. The second kappa shape index (κ2) is 12.3. The number of hydrogen-bond acceptors (Lipinski definition) is 8. The van der Waals surface area contributed by atoms with E-state index < -0.39 is 17.7 Å². The third kappa shape index (κ3) is 6.84. The van der Waals surface area contributed by atoms with Gasteiger partial charge in [-0.3, -0.25) is 14.4 Å². The Morgan fingerprint density at radius 3 is 2.36 bits per heavy atom. The SMILES string of the molecule is CCCc1c(OCCCCCN2CCC3(CC2)CN(C(C)=O)C(=O)O3)ccc(C(C)=O)c1OC(C)=O. The van der Waals surface area contributed by atoms with Gasteiger partial charge in [-0.1, -0.05) is 13.3 Å². The fourth-order valence-electron chi connectivity index (χ4n) is 4.88. The average molecular weight is 503 g/mol. The van der Waals surface area contributed by atoms with Gasteiger partial charge in [0, 0.05) is 45.3 Å². The Morgan fingerprint density at radius 1 is 1.06 bits per heavy atom. The number of amides is 2. The lowest BCUT2D eigenvalue weighted by atomic mass is 9.91. The van der Waals surface area contributed by atoms with Gasteiger partial charge in [0.15, 0.2) is 5.78 Å². The van der Waals surface area contributed by atoms with E-state index in [0.717, 1.165) is 63.7 Å². The molecule has 1 spiro atoms. The van der Waals surface area contributed by atoms with E-state index in [9.17, 15) is 19.2 Å². The zero-order chi connectivity index (χ0) is 26.3. The minimum Gasteiger partial charge on any atom is -0.493 e. The summed E-state index contributed by atoms with van der Waals surface area (Å²) < 4.78 is 17.0. The van der Waals surface area contributed by atoms with Crippen molar-refractivity contribution in [3.63, 3.8) is 0 Å². The maximum Gasteiger partial charge on any atom is 0.417 e. The van der Waals surface area contributed by atoms with Crippen LogP contribution in [-0.4, -0.2) is 71.9 Å². The van der Waals surface area contributed by atoms with E-state index in [4.69, 9.17) is 14.2 Å². The van der Waals surface area contributed by atoms with Crippen LogP contribution >= 0.6 is 0 Å². The molecule has 0 N–H and O–H groups in total. The zero-order valence-electron chi connectivity index (χ0n) is 21.9. The normalized spacial score (nSPS) is 17.2. The number of carbonyl (C=O) groups excluding carboxylic acids is 4. The van der Waals surface area contributed by atoms with E-state index in [-0.39, 0.29) is 11.7 Å². The second-order valence-corrected chi connectivity index (χ2v) is 9.73. The highest BCUT2D eigenvalue weighted by molar-refractivity contribution is 5.98. The molecule has 0 radical (unpaired) electrons. The molecule has 198 valence electrons. The Balaban J connectivity index is 1.43. The van der Waals surface area contributed by atoms with Crippen molar-refractivity contribution in [2.75, 3.05) is 32.8 Å². The van der Waals surface area contributed by atoms with Crippen LogP contribution in [0.25, 0.3) is 0 Å². The van der Waals surface area contributed by atoms with Gasteiger partial charge < -0.3 is 19.1 Å². The number of piperidine rings is 1. The Labute approximate surface area is 213 Å². The predicted molar refractivity (Wildman–Crippen MR) is 133 cm³/mol. The summed E-state index contributed by atoms with van der Waals surface area (Å²) in [5, 5.41) is 0. The van der Waals surface area contributed by atoms with Crippen molar-refractivity contribution in [2.45, 2.75) is 78.2 Å². The number of likely N-dealkylation sites (tertiary alicyclic amines) is 1. The van der Waals surface area contributed by atoms with Crippen molar-refractivity contribution in [2.24, 2.45) is 0 Å². The van der Waals surface area contributed by atoms with Gasteiger partial charge in [0.05, 0.1) is 18.7 Å². The van der Waals surface area contributed by atoms with Crippen LogP contribution < -0.4 is 9.47 Å². The first-order valence-corrected chi connectivity index (χ1v) is 12.9. The number of esters is 1. The van der Waals surface area contributed by atoms with Gasteiger partial charge in [0.1, 0.15) is 17.1 Å². The zero-order valence-corrected chi connectivity index (χ0v) is 21.9. The molecule has 2 saturated heterocycles. The van der Waals surface area contributed by atoms with E-state index in [1.165, 1.54) is 25.7 Å². The van der Waals surface area contributed by atoms with Crippen LogP contribution in [0.1, 0.15) is 82.1 Å². The molecule has 2 heterocycles. The molecule has 2 aliphatic heterocycles. The number of carbonyl (C=O) groups is 4. The van der Waals surface area contributed by atoms with Gasteiger partial charge in [-0.15, -0.1) is 0 Å². The molecule has 2 amide bonds. The minimum atomic E-state index is -0.522. The monoisotopic (exact) mass is 502 g/mol. The fraction of sp³-hybridized carbons (Fsp3) is 0.630. The van der Waals surface area contributed by atoms with E-state index in [2.05, 4.69) is 4.90 Å². The van der Waals surface area contributed by atoms with Crippen molar-refractivity contribution in [1.29, 1.82) is 0 Å². The molecule has 36 heavy (non-hydrogen) atoms. The van der Waals surface area contributed by atoms with Crippen LogP contribution in [0.3, 0.4) is 0 Å². The van der Waals surface area contributed by atoms with E-state index in [1.807, 2.05) is 6.92 Å². The number of Topliss-reactive ketones (excluding diaryl/α,β-unsaturated/α-hetero) is 1. The molecule has 2 aliphatic rings. The van der Waals surface area contributed by atoms with Crippen molar-refractivity contribution < 1.29 is 33.4 Å². The summed E-state index contributed by atoms with van der Waals surface area (Å²) in [5.74, 6) is 0.0985. The fourth-order valence-corrected chi connectivity index (χ4v) is 4.88. The Kier molecular flexibility index (Phi) is 9.48. The summed E-state index contributed by atoms with van der Waals surface area (Å²) in [6.45, 7) is 9.76. The third-order valence-electron chi connectivity index (χ3n) is 6.84. The van der Waals surface area contributed by atoms with Gasteiger partial charge in [0.2, 0.25) is 5.91 Å². The molecule has 0 aliphatic carbocycles. The van der Waals surface area contributed by atoms with Gasteiger partial charge in [0.25, 0.3) is 0 Å². The maximum atomic E-state index is 12.0. The molecule has 2 fully saturated rings. The van der Waals surface area contributed by atoms with Crippen LogP contribution in [0.5, 0.6) is 11.5 Å². The molecule has 9 heteroatoms. The molecule has 1 aromatic carbocycles. The summed E-state index contributed by atoms with van der Waals surface area (Å²) in [5.41, 5.74) is 0.635. The first-order valence-electron chi connectivity index (χ1n) is 12.9. The number of ketones is 1. The lowest BCUT2D eigenvalue weighted by Crippen LogP contribution is -2.47.